The van der Waals surface area contributed by atoms with Gasteiger partial charge in [-0.2, -0.15) is 0 Å². The number of amides is 1. The first-order valence-corrected chi connectivity index (χ1v) is 5.37. The van der Waals surface area contributed by atoms with Crippen LogP contribution in [0.1, 0.15) is 24.2 Å². The Morgan fingerprint density at radius 3 is 2.41 bits per heavy atom. The molecular weight excluding hydrogens is 220 g/mol. The van der Waals surface area contributed by atoms with Crippen molar-refractivity contribution in [1.82, 2.24) is 0 Å². The predicted molar refractivity (Wildman–Crippen MR) is 64.7 cm³/mol. The summed E-state index contributed by atoms with van der Waals surface area (Å²) >= 11 is 0. The summed E-state index contributed by atoms with van der Waals surface area (Å²) in [5.41, 5.74) is 6.28. The number of nitrogens with two attached hydrogens (primary N) is 1. The molecule has 3 N–H and O–H groups in total. The molecule has 0 aliphatic rings. The molecule has 1 atom stereocenters. The maximum Gasteiger partial charge on any atom is 0.328 e. The second-order valence-corrected chi connectivity index (χ2v) is 3.56. The molecule has 0 saturated heterocycles. The second kappa shape index (κ2) is 5.89. The highest BCUT2D eigenvalue weighted by molar-refractivity contribution is 5.93. The third-order valence-electron chi connectivity index (χ3n) is 2.19. The summed E-state index contributed by atoms with van der Waals surface area (Å²) in [4.78, 5) is 22.2. The number of rotatable bonds is 5. The first-order chi connectivity index (χ1) is 8.04. The normalized spacial score (nSPS) is 11.6. The number of carbonyl (C=O) groups excluding carboxylic acids is 2. The number of anilines is 1. The average Bonchev–Trinajstić information content (AvgIpc) is 2.30. The van der Waals surface area contributed by atoms with Crippen molar-refractivity contribution in [2.75, 3.05) is 11.9 Å². The van der Waals surface area contributed by atoms with Gasteiger partial charge >= 0.3 is 5.97 Å². The molecule has 0 aliphatic heterocycles. The predicted octanol–water partition coefficient (Wildman–Crippen LogP) is 1.15. The van der Waals surface area contributed by atoms with E-state index in [1.54, 1.807) is 38.1 Å². The monoisotopic (exact) mass is 236 g/mol. The maximum atomic E-state index is 11.4. The van der Waals surface area contributed by atoms with Gasteiger partial charge < -0.3 is 15.8 Å². The Bertz CT molecular complexity index is 401. The van der Waals surface area contributed by atoms with Gasteiger partial charge in [-0.3, -0.25) is 4.79 Å². The molecule has 0 spiro atoms. The molecule has 17 heavy (non-hydrogen) atoms. The summed E-state index contributed by atoms with van der Waals surface area (Å²) in [6.45, 7) is 3.82. The van der Waals surface area contributed by atoms with Crippen molar-refractivity contribution in [2.24, 2.45) is 5.73 Å². The molecule has 0 bridgehead atoms. The van der Waals surface area contributed by atoms with Crippen LogP contribution in [0.4, 0.5) is 5.69 Å². The number of esters is 1. The molecule has 0 saturated carbocycles. The van der Waals surface area contributed by atoms with Gasteiger partial charge in [-0.05, 0) is 38.1 Å². The van der Waals surface area contributed by atoms with Gasteiger partial charge in [-0.15, -0.1) is 0 Å². The van der Waals surface area contributed by atoms with Crippen molar-refractivity contribution in [3.8, 4) is 0 Å². The number of primary amides is 1. The third kappa shape index (κ3) is 3.79. The van der Waals surface area contributed by atoms with Crippen molar-refractivity contribution >= 4 is 17.6 Å². The van der Waals surface area contributed by atoms with Gasteiger partial charge in [0, 0.05) is 11.3 Å². The smallest absolute Gasteiger partial charge is 0.328 e. The van der Waals surface area contributed by atoms with Crippen LogP contribution in [0.5, 0.6) is 0 Å². The van der Waals surface area contributed by atoms with Crippen molar-refractivity contribution in [3.05, 3.63) is 29.8 Å². The van der Waals surface area contributed by atoms with Crippen LogP contribution in [0.2, 0.25) is 0 Å². The van der Waals surface area contributed by atoms with Crippen LogP contribution in [0, 0.1) is 0 Å². The molecule has 5 nitrogen and oxygen atoms in total. The van der Waals surface area contributed by atoms with Gasteiger partial charge in [-0.25, -0.2) is 4.79 Å². The maximum absolute atomic E-state index is 11.4. The SMILES string of the molecule is CCOC(=O)C(C)Nc1ccc(C(N)=O)cc1. The van der Waals surface area contributed by atoms with Gasteiger partial charge in [0.05, 0.1) is 6.61 Å². The van der Waals surface area contributed by atoms with E-state index in [9.17, 15) is 9.59 Å². The molecule has 0 fully saturated rings. The van der Waals surface area contributed by atoms with Gasteiger partial charge in [0.15, 0.2) is 0 Å². The van der Waals surface area contributed by atoms with E-state index in [0.29, 0.717) is 12.2 Å². The lowest BCUT2D eigenvalue weighted by Gasteiger charge is -2.13. The minimum absolute atomic E-state index is 0.313. The van der Waals surface area contributed by atoms with Crippen molar-refractivity contribution < 1.29 is 14.3 Å². The number of ether oxygens (including phenoxy) is 1. The second-order valence-electron chi connectivity index (χ2n) is 3.56. The number of hydrogen-bond donors (Lipinski definition) is 2. The Balaban J connectivity index is 2.63. The van der Waals surface area contributed by atoms with E-state index in [-0.39, 0.29) is 5.97 Å². The Morgan fingerprint density at radius 1 is 1.35 bits per heavy atom. The van der Waals surface area contributed by atoms with Crippen molar-refractivity contribution in [1.29, 1.82) is 0 Å². The van der Waals surface area contributed by atoms with E-state index >= 15 is 0 Å². The van der Waals surface area contributed by atoms with E-state index in [2.05, 4.69) is 5.32 Å². The quantitative estimate of drug-likeness (QED) is 0.751. The van der Waals surface area contributed by atoms with E-state index in [1.165, 1.54) is 0 Å². The lowest BCUT2D eigenvalue weighted by molar-refractivity contribution is -0.143. The number of benzene rings is 1. The molecule has 0 aromatic heterocycles. The molecule has 0 radical (unpaired) electrons. The fourth-order valence-corrected chi connectivity index (χ4v) is 1.31. The lowest BCUT2D eigenvalue weighted by Crippen LogP contribution is -2.28. The molecule has 92 valence electrons. The minimum atomic E-state index is -0.477. The standard InChI is InChI=1S/C12H16N2O3/c1-3-17-12(16)8(2)14-10-6-4-9(5-7-10)11(13)15/h4-8,14H,3H2,1-2H3,(H2,13,15). The zero-order valence-corrected chi connectivity index (χ0v) is 9.90. The number of nitrogens with one attached hydrogen (secondary N) is 1. The first kappa shape index (κ1) is 13.0. The summed E-state index contributed by atoms with van der Waals surface area (Å²) in [6, 6.07) is 6.14. The van der Waals surface area contributed by atoms with Crippen LogP contribution >= 0.6 is 0 Å². The number of hydrogen-bond acceptors (Lipinski definition) is 4. The molecule has 0 aliphatic carbocycles. The molecule has 1 aromatic rings. The van der Waals surface area contributed by atoms with E-state index in [0.717, 1.165) is 5.69 Å². The van der Waals surface area contributed by atoms with Gasteiger partial charge in [0.2, 0.25) is 5.91 Å². The highest BCUT2D eigenvalue weighted by Crippen LogP contribution is 2.10. The van der Waals surface area contributed by atoms with E-state index < -0.39 is 11.9 Å². The van der Waals surface area contributed by atoms with Gasteiger partial charge in [0.1, 0.15) is 6.04 Å². The fraction of sp³-hybridized carbons (Fsp3) is 0.333. The Labute approximate surface area is 99.9 Å². The first-order valence-electron chi connectivity index (χ1n) is 5.37. The van der Waals surface area contributed by atoms with Gasteiger partial charge in [-0.1, -0.05) is 0 Å². The summed E-state index contributed by atoms with van der Waals surface area (Å²) in [7, 11) is 0. The lowest BCUT2D eigenvalue weighted by atomic mass is 10.2. The van der Waals surface area contributed by atoms with Crippen LogP contribution < -0.4 is 11.1 Å². The van der Waals surface area contributed by atoms with Crippen LogP contribution in [0.3, 0.4) is 0 Å². The van der Waals surface area contributed by atoms with Crippen LogP contribution in [0.15, 0.2) is 24.3 Å². The highest BCUT2D eigenvalue weighted by Gasteiger charge is 2.13. The Hall–Kier alpha value is -2.04. The minimum Gasteiger partial charge on any atom is -0.464 e. The molecular formula is C12H16N2O3. The summed E-state index contributed by atoms with van der Waals surface area (Å²) < 4.78 is 4.86. The average molecular weight is 236 g/mol. The third-order valence-corrected chi connectivity index (χ3v) is 2.19. The van der Waals surface area contributed by atoms with Crippen molar-refractivity contribution in [3.63, 3.8) is 0 Å². The van der Waals surface area contributed by atoms with E-state index in [4.69, 9.17) is 10.5 Å². The Kier molecular flexibility index (Phi) is 4.51. The molecule has 1 aromatic carbocycles. The fourth-order valence-electron chi connectivity index (χ4n) is 1.31. The topological polar surface area (TPSA) is 81.4 Å². The van der Waals surface area contributed by atoms with Crippen LogP contribution in [0.25, 0.3) is 0 Å². The summed E-state index contributed by atoms with van der Waals surface area (Å²) in [6.07, 6.45) is 0. The Morgan fingerprint density at radius 2 is 1.94 bits per heavy atom. The number of carbonyl (C=O) groups is 2. The van der Waals surface area contributed by atoms with Gasteiger partial charge in [0.25, 0.3) is 0 Å². The zero-order chi connectivity index (χ0) is 12.8. The van der Waals surface area contributed by atoms with Crippen molar-refractivity contribution in [2.45, 2.75) is 19.9 Å². The molecule has 0 heterocycles. The molecule has 1 rings (SSSR count). The summed E-state index contributed by atoms with van der Waals surface area (Å²) in [5, 5.41) is 2.97. The van der Waals surface area contributed by atoms with Crippen LogP contribution in [-0.2, 0) is 9.53 Å². The highest BCUT2D eigenvalue weighted by atomic mass is 16.5. The van der Waals surface area contributed by atoms with E-state index in [1.807, 2.05) is 0 Å². The molecule has 1 unspecified atom stereocenters. The molecule has 5 heteroatoms. The van der Waals surface area contributed by atoms with Crippen LogP contribution in [-0.4, -0.2) is 24.5 Å². The largest absolute Gasteiger partial charge is 0.464 e. The molecule has 1 amide bonds. The summed E-state index contributed by atoms with van der Waals surface area (Å²) in [5.74, 6) is -0.790. The zero-order valence-electron chi connectivity index (χ0n) is 9.90.